The van der Waals surface area contributed by atoms with Crippen molar-refractivity contribution in [3.63, 3.8) is 0 Å². The first-order valence-electron chi connectivity index (χ1n) is 8.05. The standard InChI is InChI=1S/C18H24N4O/c1-12-4-3-5-16-14(11-21-18(12)16)8-9-20-17-7-6-15(22(19)23)10-13(17)2/h4,6-7,10-11,19-23H,3,5,8-9H2,1-2H3. The van der Waals surface area contributed by atoms with Crippen LogP contribution < -0.4 is 10.5 Å². The van der Waals surface area contributed by atoms with Crippen LogP contribution in [0, 0.1) is 6.92 Å². The van der Waals surface area contributed by atoms with Crippen molar-refractivity contribution in [3.8, 4) is 0 Å². The summed E-state index contributed by atoms with van der Waals surface area (Å²) in [5, 5.41) is 12.3. The van der Waals surface area contributed by atoms with Gasteiger partial charge in [-0.2, -0.15) is 0 Å². The van der Waals surface area contributed by atoms with Crippen molar-refractivity contribution in [3.05, 3.63) is 58.7 Å². The molecule has 0 saturated heterocycles. The van der Waals surface area contributed by atoms with E-state index in [-0.39, 0.29) is 5.17 Å². The predicted molar refractivity (Wildman–Crippen MR) is 92.9 cm³/mol. The Kier molecular flexibility index (Phi) is 4.52. The molecule has 0 fully saturated rings. The number of nitrogens with one attached hydrogen (secondary N) is 4. The van der Waals surface area contributed by atoms with Crippen molar-refractivity contribution < 1.29 is 10.4 Å². The molecule has 0 saturated carbocycles. The van der Waals surface area contributed by atoms with E-state index in [1.54, 1.807) is 6.07 Å². The molecule has 1 heterocycles. The third-order valence-corrected chi connectivity index (χ3v) is 4.53. The van der Waals surface area contributed by atoms with Crippen LogP contribution in [-0.4, -0.2) is 16.7 Å². The first kappa shape index (κ1) is 15.8. The van der Waals surface area contributed by atoms with Crippen LogP contribution in [0.15, 0.2) is 30.5 Å². The quantitative estimate of drug-likeness (QED) is 0.640. The number of hydrogen-bond donors (Lipinski definition) is 4. The van der Waals surface area contributed by atoms with Crippen LogP contribution in [0.25, 0.3) is 11.4 Å². The Morgan fingerprint density at radius 3 is 2.91 bits per heavy atom. The number of fused-ring (bicyclic) bond motifs is 1. The summed E-state index contributed by atoms with van der Waals surface area (Å²) < 4.78 is 0. The molecule has 1 aliphatic carbocycles. The van der Waals surface area contributed by atoms with Crippen molar-refractivity contribution in [2.75, 3.05) is 11.9 Å². The molecule has 23 heavy (non-hydrogen) atoms. The van der Waals surface area contributed by atoms with Crippen LogP contribution in [0.4, 0.5) is 11.4 Å². The third-order valence-electron chi connectivity index (χ3n) is 4.53. The number of quaternary nitrogens is 1. The van der Waals surface area contributed by atoms with Gasteiger partial charge in [-0.3, -0.25) is 0 Å². The lowest BCUT2D eigenvalue weighted by molar-refractivity contribution is -0.991. The zero-order chi connectivity index (χ0) is 16.4. The summed E-state index contributed by atoms with van der Waals surface area (Å²) in [6.07, 6.45) is 7.67. The summed E-state index contributed by atoms with van der Waals surface area (Å²) in [5.74, 6) is 7.27. The summed E-state index contributed by atoms with van der Waals surface area (Å²) in [6, 6.07) is 5.52. The first-order valence-corrected chi connectivity index (χ1v) is 8.05. The number of anilines is 1. The number of aryl methyl sites for hydroxylation is 1. The maximum Gasteiger partial charge on any atom is 0.153 e. The summed E-state index contributed by atoms with van der Waals surface area (Å²) >= 11 is 0. The molecule has 1 unspecified atom stereocenters. The minimum atomic E-state index is -0.387. The van der Waals surface area contributed by atoms with E-state index in [1.165, 1.54) is 22.4 Å². The van der Waals surface area contributed by atoms with E-state index in [0.29, 0.717) is 5.69 Å². The number of hydrogen-bond acceptors (Lipinski definition) is 2. The first-order chi connectivity index (χ1) is 11.1. The normalized spacial score (nSPS) is 15.0. The van der Waals surface area contributed by atoms with E-state index >= 15 is 0 Å². The second kappa shape index (κ2) is 6.58. The molecular weight excluding hydrogens is 288 g/mol. The van der Waals surface area contributed by atoms with Crippen molar-refractivity contribution in [1.82, 2.24) is 4.98 Å². The monoisotopic (exact) mass is 312 g/mol. The van der Waals surface area contributed by atoms with Crippen molar-refractivity contribution >= 4 is 16.9 Å². The smallest absolute Gasteiger partial charge is 0.153 e. The van der Waals surface area contributed by atoms with Gasteiger partial charge in [0.05, 0.1) is 0 Å². The summed E-state index contributed by atoms with van der Waals surface area (Å²) in [5.41, 5.74) is 8.15. The topological polar surface area (TPSA) is 76.3 Å². The molecule has 0 radical (unpaired) electrons. The average Bonchev–Trinajstić information content (AvgIpc) is 2.93. The Morgan fingerprint density at radius 2 is 2.17 bits per heavy atom. The summed E-state index contributed by atoms with van der Waals surface area (Å²) in [6.45, 7) is 5.02. The fraction of sp³-hybridized carbons (Fsp3) is 0.333. The Morgan fingerprint density at radius 1 is 1.35 bits per heavy atom. The highest BCUT2D eigenvalue weighted by Crippen LogP contribution is 2.28. The van der Waals surface area contributed by atoms with E-state index in [4.69, 9.17) is 5.84 Å². The molecule has 5 nitrogen and oxygen atoms in total. The molecule has 0 amide bonds. The maximum atomic E-state index is 9.23. The largest absolute Gasteiger partial charge is 0.429 e. The van der Waals surface area contributed by atoms with Gasteiger partial charge in [-0.25, -0.2) is 10.4 Å². The van der Waals surface area contributed by atoms with Gasteiger partial charge in [-0.05, 0) is 61.4 Å². The van der Waals surface area contributed by atoms with Crippen LogP contribution >= 0.6 is 0 Å². The van der Waals surface area contributed by atoms with Gasteiger partial charge in [0.1, 0.15) is 0 Å². The molecule has 5 N–H and O–H groups in total. The van der Waals surface area contributed by atoms with Crippen molar-refractivity contribution in [2.24, 2.45) is 0 Å². The van der Waals surface area contributed by atoms with Gasteiger partial charge in [0.2, 0.25) is 0 Å². The molecular formula is C18H24N4O. The number of benzene rings is 1. The van der Waals surface area contributed by atoms with Crippen LogP contribution in [-0.2, 0) is 12.8 Å². The lowest BCUT2D eigenvalue weighted by atomic mass is 9.94. The second-order valence-electron chi connectivity index (χ2n) is 6.15. The molecule has 5 heteroatoms. The highest BCUT2D eigenvalue weighted by atomic mass is 16.5. The fourth-order valence-electron chi connectivity index (χ4n) is 3.23. The fourth-order valence-corrected chi connectivity index (χ4v) is 3.23. The zero-order valence-corrected chi connectivity index (χ0v) is 13.7. The number of allylic oxidation sites excluding steroid dienone is 2. The van der Waals surface area contributed by atoms with E-state index in [1.807, 2.05) is 19.1 Å². The van der Waals surface area contributed by atoms with Gasteiger partial charge in [0.25, 0.3) is 0 Å². The highest BCUT2D eigenvalue weighted by Gasteiger charge is 2.15. The van der Waals surface area contributed by atoms with Crippen LogP contribution in [0.3, 0.4) is 0 Å². The lowest BCUT2D eigenvalue weighted by Crippen LogP contribution is -2.97. The second-order valence-corrected chi connectivity index (χ2v) is 6.15. The lowest BCUT2D eigenvalue weighted by Gasteiger charge is -2.15. The van der Waals surface area contributed by atoms with Gasteiger partial charge < -0.3 is 16.1 Å². The Hall–Kier alpha value is -2.08. The molecule has 0 bridgehead atoms. The van der Waals surface area contributed by atoms with Gasteiger partial charge >= 0.3 is 0 Å². The van der Waals surface area contributed by atoms with Gasteiger partial charge in [0, 0.05) is 36.3 Å². The molecule has 3 rings (SSSR count). The minimum absolute atomic E-state index is 0.387. The molecule has 1 atom stereocenters. The highest BCUT2D eigenvalue weighted by molar-refractivity contribution is 5.67. The average molecular weight is 312 g/mol. The molecule has 1 aliphatic rings. The van der Waals surface area contributed by atoms with E-state index in [0.717, 1.165) is 37.1 Å². The van der Waals surface area contributed by atoms with E-state index in [9.17, 15) is 5.21 Å². The van der Waals surface area contributed by atoms with Crippen LogP contribution in [0.1, 0.15) is 35.7 Å². The molecule has 0 aliphatic heterocycles. The number of H-pyrrole nitrogens is 1. The van der Waals surface area contributed by atoms with Crippen molar-refractivity contribution in [2.45, 2.75) is 33.1 Å². The van der Waals surface area contributed by atoms with Gasteiger partial charge in [-0.15, -0.1) is 0 Å². The van der Waals surface area contributed by atoms with Crippen LogP contribution in [0.5, 0.6) is 0 Å². The molecule has 1 aromatic carbocycles. The van der Waals surface area contributed by atoms with E-state index < -0.39 is 0 Å². The van der Waals surface area contributed by atoms with Gasteiger partial charge in [0.15, 0.2) is 5.69 Å². The summed E-state index contributed by atoms with van der Waals surface area (Å²) in [4.78, 5) is 3.41. The van der Waals surface area contributed by atoms with Crippen LogP contribution in [0.2, 0.25) is 0 Å². The molecule has 0 spiro atoms. The van der Waals surface area contributed by atoms with Crippen molar-refractivity contribution in [1.29, 1.82) is 0 Å². The SMILES string of the molecule is CC1=CCCc2c(CCNc3ccc([NH+]([NH-])O)cc3C)c[nH]c21. The van der Waals surface area contributed by atoms with E-state index in [2.05, 4.69) is 29.5 Å². The number of rotatable bonds is 5. The summed E-state index contributed by atoms with van der Waals surface area (Å²) in [7, 11) is 0. The Balaban J connectivity index is 1.63. The molecule has 122 valence electrons. The minimum Gasteiger partial charge on any atom is -0.429 e. The Bertz CT molecular complexity index is 731. The van der Waals surface area contributed by atoms with Gasteiger partial charge in [-0.1, -0.05) is 6.08 Å². The number of aromatic amines is 1. The molecule has 2 aromatic rings. The number of aromatic nitrogens is 1. The molecule has 1 aromatic heterocycles. The third kappa shape index (κ3) is 3.32. The predicted octanol–water partition coefficient (Wildman–Crippen LogP) is 3.20. The maximum absolute atomic E-state index is 9.23. The zero-order valence-electron chi connectivity index (χ0n) is 13.7. The Labute approximate surface area is 136 Å².